The zero-order valence-electron chi connectivity index (χ0n) is 40.7. The predicted octanol–water partition coefficient (Wildman–Crippen LogP) is 17.6. The first-order chi connectivity index (χ1) is 35.8. The number of hydrogen-bond acceptors (Lipinski definition) is 4. The Balaban J connectivity index is 1.12. The van der Waals surface area contributed by atoms with Crippen molar-refractivity contribution >= 4 is 101 Å². The van der Waals surface area contributed by atoms with Crippen LogP contribution in [0.3, 0.4) is 0 Å². The molecule has 0 bridgehead atoms. The second-order valence-electron chi connectivity index (χ2n) is 20.8. The largest absolute Gasteiger partial charge is 0.456 e. The molecule has 13 aromatic rings. The number of rotatable bonds is 5. The molecule has 73 heavy (non-hydrogen) atoms. The third-order valence-corrected chi connectivity index (χ3v) is 15.6. The van der Waals surface area contributed by atoms with Gasteiger partial charge in [-0.1, -0.05) is 185 Å². The van der Waals surface area contributed by atoms with Gasteiger partial charge in [-0.05, 0) is 127 Å². The van der Waals surface area contributed by atoms with Gasteiger partial charge in [0, 0.05) is 49.9 Å². The summed E-state index contributed by atoms with van der Waals surface area (Å²) in [6, 6.07) is 84.4. The van der Waals surface area contributed by atoms with E-state index in [4.69, 9.17) is 8.83 Å². The van der Waals surface area contributed by atoms with E-state index in [9.17, 15) is 0 Å². The summed E-state index contributed by atoms with van der Waals surface area (Å²) in [4.78, 5) is 5.19. The average molecular weight is 935 g/mol. The van der Waals surface area contributed by atoms with Crippen LogP contribution in [0.2, 0.25) is 0 Å². The molecular formula is C68H47BN2O2. The van der Waals surface area contributed by atoms with Crippen molar-refractivity contribution in [1.29, 1.82) is 0 Å². The van der Waals surface area contributed by atoms with E-state index in [2.05, 4.69) is 261 Å². The lowest BCUT2D eigenvalue weighted by atomic mass is 9.43. The van der Waals surface area contributed by atoms with Crippen LogP contribution in [0.4, 0.5) is 28.4 Å². The number of hydrogen-bond donors (Lipinski definition) is 0. The second-order valence-corrected chi connectivity index (χ2v) is 20.8. The molecular weight excluding hydrogens is 888 g/mol. The fourth-order valence-corrected chi connectivity index (χ4v) is 12.1. The van der Waals surface area contributed by atoms with Crippen molar-refractivity contribution in [2.75, 3.05) is 9.71 Å². The Morgan fingerprint density at radius 1 is 0.411 bits per heavy atom. The first-order valence-electron chi connectivity index (χ1n) is 25.3. The molecule has 0 aliphatic carbocycles. The molecule has 15 rings (SSSR count). The minimum absolute atomic E-state index is 0.0907. The molecule has 0 atom stereocenters. The van der Waals surface area contributed by atoms with Gasteiger partial charge in [-0.25, -0.2) is 0 Å². The second kappa shape index (κ2) is 15.7. The van der Waals surface area contributed by atoms with Crippen molar-refractivity contribution in [1.82, 2.24) is 0 Å². The minimum Gasteiger partial charge on any atom is -0.456 e. The van der Waals surface area contributed by atoms with Gasteiger partial charge in [-0.2, -0.15) is 0 Å². The lowest BCUT2D eigenvalue weighted by Crippen LogP contribution is -2.61. The van der Waals surface area contributed by atoms with Crippen LogP contribution in [0.1, 0.15) is 26.3 Å². The van der Waals surface area contributed by atoms with Crippen LogP contribution in [0.5, 0.6) is 0 Å². The van der Waals surface area contributed by atoms with Gasteiger partial charge in [-0.15, -0.1) is 0 Å². The maximum atomic E-state index is 7.21. The fraction of sp³-hybridized carbons (Fsp3) is 0.0588. The lowest BCUT2D eigenvalue weighted by molar-refractivity contribution is 0.590. The average Bonchev–Trinajstić information content (AvgIpc) is 4.01. The molecule has 0 saturated heterocycles. The first kappa shape index (κ1) is 41.7. The predicted molar refractivity (Wildman–Crippen MR) is 307 cm³/mol. The highest BCUT2D eigenvalue weighted by atomic mass is 16.3. The molecule has 0 N–H and O–H groups in total. The highest BCUT2D eigenvalue weighted by Gasteiger charge is 2.48. The summed E-state index contributed by atoms with van der Waals surface area (Å²) in [5, 5.41) is 6.67. The Morgan fingerprint density at radius 3 is 1.78 bits per heavy atom. The first-order valence-corrected chi connectivity index (χ1v) is 25.3. The van der Waals surface area contributed by atoms with Gasteiger partial charge >= 0.3 is 6.85 Å². The van der Waals surface area contributed by atoms with Crippen molar-refractivity contribution in [2.45, 2.75) is 26.2 Å². The quantitative estimate of drug-likeness (QED) is 0.161. The summed E-state index contributed by atoms with van der Waals surface area (Å²) >= 11 is 0. The summed E-state index contributed by atoms with van der Waals surface area (Å²) in [5.74, 6) is 0. The van der Waals surface area contributed by atoms with Gasteiger partial charge in [0.25, 0.3) is 0 Å². The summed E-state index contributed by atoms with van der Waals surface area (Å²) in [6.07, 6.45) is 0. The van der Waals surface area contributed by atoms with Crippen molar-refractivity contribution < 1.29 is 8.83 Å². The summed E-state index contributed by atoms with van der Waals surface area (Å²) in [7, 11) is 0. The smallest absolute Gasteiger partial charge is 0.333 e. The maximum absolute atomic E-state index is 7.21. The maximum Gasteiger partial charge on any atom is 0.333 e. The number of nitrogens with zero attached hydrogens (tertiary/aromatic N) is 2. The molecule has 2 aliphatic rings. The van der Waals surface area contributed by atoms with Crippen molar-refractivity contribution in [3.05, 3.63) is 236 Å². The molecule has 0 amide bonds. The lowest BCUT2D eigenvalue weighted by Gasteiger charge is -2.46. The SMILES string of the molecule is CC(C)(C)c1ccc(N2c3cc4c(oc5ccccc54)c4c3B(c3ccc5oc6cc7ccccc7cc6c5c32)N(c2ccc(-c3ccccc3)cc2)c2ccc(-c3ccccc3)cc2-4)c(-c2ccccc2)c1. The number of para-hydroxylation sites is 1. The highest BCUT2D eigenvalue weighted by molar-refractivity contribution is 6.94. The summed E-state index contributed by atoms with van der Waals surface area (Å²) in [5.41, 5.74) is 21.8. The van der Waals surface area contributed by atoms with Crippen molar-refractivity contribution in [3.8, 4) is 44.5 Å². The van der Waals surface area contributed by atoms with Crippen molar-refractivity contribution in [2.24, 2.45) is 0 Å². The Labute approximate surface area is 424 Å². The van der Waals surface area contributed by atoms with Crippen LogP contribution in [-0.2, 0) is 5.41 Å². The highest BCUT2D eigenvalue weighted by Crippen LogP contribution is 2.54. The van der Waals surface area contributed by atoms with Crippen LogP contribution in [0, 0.1) is 0 Å². The Morgan fingerprint density at radius 2 is 1.04 bits per heavy atom. The Hall–Kier alpha value is -9.06. The van der Waals surface area contributed by atoms with E-state index in [0.717, 1.165) is 111 Å². The molecule has 11 aromatic carbocycles. The Bertz CT molecular complexity index is 4360. The molecule has 0 spiro atoms. The zero-order valence-corrected chi connectivity index (χ0v) is 40.7. The van der Waals surface area contributed by atoms with Gasteiger partial charge in [-0.3, -0.25) is 0 Å². The van der Waals surface area contributed by atoms with E-state index in [1.54, 1.807) is 0 Å². The number of anilines is 5. The molecule has 2 aromatic heterocycles. The van der Waals surface area contributed by atoms with E-state index >= 15 is 0 Å². The summed E-state index contributed by atoms with van der Waals surface area (Å²) < 4.78 is 14.2. The third-order valence-electron chi connectivity index (χ3n) is 15.6. The van der Waals surface area contributed by atoms with Crippen LogP contribution in [0.25, 0.3) is 99.2 Å². The van der Waals surface area contributed by atoms with Gasteiger partial charge in [0.15, 0.2) is 0 Å². The number of furan rings is 2. The number of benzene rings is 11. The Kier molecular flexibility index (Phi) is 8.98. The van der Waals surface area contributed by atoms with E-state index < -0.39 is 0 Å². The van der Waals surface area contributed by atoms with Gasteiger partial charge in [0.2, 0.25) is 0 Å². The van der Waals surface area contributed by atoms with Crippen LogP contribution in [-0.4, -0.2) is 6.85 Å². The van der Waals surface area contributed by atoms with Crippen LogP contribution in [0.15, 0.2) is 239 Å². The molecule has 0 fully saturated rings. The third kappa shape index (κ3) is 6.35. The standard InChI is InChI=1S/C68H47BN2O2/c1-68(2,3)49-30-35-57(52(40-49)45-21-11-6-12-22-45)70-59-41-53-51-25-15-16-26-60(51)73-67(53)64-54-37-48(43-19-9-5-10-20-43)29-34-58(54)71(50-31-27-44(28-32-50)42-17-7-4-8-18-42)69(65(59)64)56-33-36-61-63(66(56)70)55-38-46-23-13-14-24-47(46)39-62(55)72-61/h4-41H,1-3H3. The van der Waals surface area contributed by atoms with Gasteiger partial charge in [0.1, 0.15) is 22.3 Å². The minimum atomic E-state index is -0.282. The topological polar surface area (TPSA) is 32.8 Å². The normalized spacial score (nSPS) is 13.1. The molecule has 4 heterocycles. The van der Waals surface area contributed by atoms with E-state index in [1.165, 1.54) is 33.0 Å². The molecule has 0 unspecified atom stereocenters. The van der Waals surface area contributed by atoms with E-state index in [1.807, 2.05) is 0 Å². The number of fused-ring (bicyclic) bond motifs is 13. The van der Waals surface area contributed by atoms with Gasteiger partial charge in [0.05, 0.1) is 16.8 Å². The molecule has 5 heteroatoms. The molecule has 344 valence electrons. The molecule has 4 nitrogen and oxygen atoms in total. The molecule has 0 saturated carbocycles. The summed E-state index contributed by atoms with van der Waals surface area (Å²) in [6.45, 7) is 6.63. The molecule has 0 radical (unpaired) electrons. The van der Waals surface area contributed by atoms with Crippen LogP contribution < -0.4 is 20.6 Å². The van der Waals surface area contributed by atoms with Crippen LogP contribution >= 0.6 is 0 Å². The zero-order chi connectivity index (χ0) is 48.5. The van der Waals surface area contributed by atoms with Gasteiger partial charge < -0.3 is 18.5 Å². The monoisotopic (exact) mass is 934 g/mol. The molecule has 2 aliphatic heterocycles. The fourth-order valence-electron chi connectivity index (χ4n) is 12.1. The van der Waals surface area contributed by atoms with E-state index in [-0.39, 0.29) is 12.3 Å². The van der Waals surface area contributed by atoms with E-state index in [0.29, 0.717) is 0 Å². The van der Waals surface area contributed by atoms with Crippen molar-refractivity contribution in [3.63, 3.8) is 0 Å².